The van der Waals surface area contributed by atoms with E-state index in [1.165, 1.54) is 32.1 Å². The molecule has 4 heteroatoms. The topological polar surface area (TPSA) is 0 Å². The Kier molecular flexibility index (Phi) is 3.63. The highest BCUT2D eigenvalue weighted by atomic mass is 14.4. The van der Waals surface area contributed by atoms with E-state index in [0.29, 0.717) is 12.3 Å². The van der Waals surface area contributed by atoms with Crippen LogP contribution < -0.4 is 0 Å². The lowest BCUT2D eigenvalue weighted by Gasteiger charge is -2.53. The van der Waals surface area contributed by atoms with E-state index in [0.717, 1.165) is 11.1 Å². The quantitative estimate of drug-likeness (QED) is 0.674. The van der Waals surface area contributed by atoms with Gasteiger partial charge in [0.15, 0.2) is 0 Å². The Labute approximate surface area is 128 Å². The zero-order valence-electron chi connectivity index (χ0n) is 12.0. The minimum Gasteiger partial charge on any atom is -0.0750 e. The van der Waals surface area contributed by atoms with Gasteiger partial charge in [0.2, 0.25) is 0 Å². The molecule has 3 rings (SSSR count). The Bertz CT molecular complexity index is 489. The molecule has 1 saturated carbocycles. The maximum absolute atomic E-state index is 6.55. The van der Waals surface area contributed by atoms with E-state index in [1.54, 1.807) is 0 Å². The molecule has 1 aromatic carbocycles. The standard InChI is InChI=1S/C16H18B4/c17-15(18)10-14(11-6-2-1-3-7-11)16(19,20)13-9-5-4-8-12(13)15/h4-5,8-9,11,14H,1-3,6-7,10H2. The van der Waals surface area contributed by atoms with Crippen molar-refractivity contribution in [1.29, 1.82) is 0 Å². The minimum absolute atomic E-state index is 0.160. The molecule has 0 saturated heterocycles. The molecule has 0 aromatic heterocycles. The van der Waals surface area contributed by atoms with E-state index >= 15 is 0 Å². The van der Waals surface area contributed by atoms with Gasteiger partial charge >= 0.3 is 0 Å². The van der Waals surface area contributed by atoms with Crippen molar-refractivity contribution in [3.05, 3.63) is 35.4 Å². The van der Waals surface area contributed by atoms with Crippen molar-refractivity contribution in [2.24, 2.45) is 11.8 Å². The van der Waals surface area contributed by atoms with Gasteiger partial charge in [-0.15, -0.1) is 0 Å². The van der Waals surface area contributed by atoms with Gasteiger partial charge in [-0.05, 0) is 11.8 Å². The number of rotatable bonds is 1. The lowest BCUT2D eigenvalue weighted by atomic mass is 9.32. The first-order valence-electron chi connectivity index (χ1n) is 7.68. The fourth-order valence-corrected chi connectivity index (χ4v) is 4.20. The number of hydrogen-bond acceptors (Lipinski definition) is 0. The summed E-state index contributed by atoms with van der Waals surface area (Å²) in [5, 5.41) is -1.64. The molecule has 20 heavy (non-hydrogen) atoms. The third-order valence-corrected chi connectivity index (χ3v) is 5.29. The molecular formula is C16H18B4. The molecule has 0 aliphatic heterocycles. The lowest BCUT2D eigenvalue weighted by Crippen LogP contribution is -2.51. The van der Waals surface area contributed by atoms with Crippen LogP contribution in [0.25, 0.3) is 0 Å². The van der Waals surface area contributed by atoms with E-state index in [4.69, 9.17) is 31.4 Å². The van der Waals surface area contributed by atoms with Crippen LogP contribution >= 0.6 is 0 Å². The Morgan fingerprint density at radius 3 is 2.10 bits per heavy atom. The van der Waals surface area contributed by atoms with E-state index in [2.05, 4.69) is 0 Å². The third kappa shape index (κ3) is 2.30. The van der Waals surface area contributed by atoms with Gasteiger partial charge in [0.1, 0.15) is 0 Å². The summed E-state index contributed by atoms with van der Waals surface area (Å²) in [6.07, 6.45) is 6.90. The fourth-order valence-electron chi connectivity index (χ4n) is 4.20. The van der Waals surface area contributed by atoms with E-state index in [9.17, 15) is 0 Å². The predicted octanol–water partition coefficient (Wildman–Crippen LogP) is 2.27. The highest BCUT2D eigenvalue weighted by Crippen LogP contribution is 2.49. The van der Waals surface area contributed by atoms with Gasteiger partial charge in [-0.2, -0.15) is 0 Å². The van der Waals surface area contributed by atoms with E-state index < -0.39 is 10.4 Å². The largest absolute Gasteiger partial charge is 0.0750 e. The molecule has 0 amide bonds. The molecule has 1 fully saturated rings. The van der Waals surface area contributed by atoms with Crippen molar-refractivity contribution in [3.63, 3.8) is 0 Å². The Hall–Kier alpha value is -0.520. The van der Waals surface area contributed by atoms with E-state index in [1.807, 2.05) is 24.3 Å². The Morgan fingerprint density at radius 1 is 0.850 bits per heavy atom. The van der Waals surface area contributed by atoms with Crippen molar-refractivity contribution in [1.82, 2.24) is 0 Å². The summed E-state index contributed by atoms with van der Waals surface area (Å²) < 4.78 is 0. The Balaban J connectivity index is 2.02. The average molecular weight is 254 g/mol. The molecule has 94 valence electrons. The summed E-state index contributed by atoms with van der Waals surface area (Å²) in [5.41, 5.74) is 1.82. The van der Waals surface area contributed by atoms with Crippen LogP contribution in [0.1, 0.15) is 49.7 Å². The molecule has 0 bridgehead atoms. The highest BCUT2D eigenvalue weighted by Gasteiger charge is 2.45. The van der Waals surface area contributed by atoms with Crippen LogP contribution in [0.2, 0.25) is 0 Å². The molecule has 0 nitrogen and oxygen atoms in total. The maximum Gasteiger partial charge on any atom is 0.0686 e. The van der Waals surface area contributed by atoms with Gasteiger partial charge in [-0.25, -0.2) is 0 Å². The summed E-state index contributed by atoms with van der Waals surface area (Å²) in [7, 11) is 25.9. The van der Waals surface area contributed by atoms with Crippen LogP contribution in [0.4, 0.5) is 0 Å². The van der Waals surface area contributed by atoms with Crippen LogP contribution in [0.5, 0.6) is 0 Å². The van der Waals surface area contributed by atoms with Crippen molar-refractivity contribution < 1.29 is 0 Å². The number of fused-ring (bicyclic) bond motifs is 1. The lowest BCUT2D eigenvalue weighted by molar-refractivity contribution is 0.199. The van der Waals surface area contributed by atoms with Gasteiger partial charge in [0.25, 0.3) is 0 Å². The summed E-state index contributed by atoms with van der Waals surface area (Å²) in [6.45, 7) is 0. The molecule has 8 radical (unpaired) electrons. The first kappa shape index (κ1) is 14.4. The number of hydrogen-bond donors (Lipinski definition) is 0. The zero-order valence-corrected chi connectivity index (χ0v) is 12.0. The first-order valence-corrected chi connectivity index (χ1v) is 7.68. The SMILES string of the molecule is [B]C1([B])CC(C2CCCCC2)C([B])([B])c2ccccc21. The summed E-state index contributed by atoms with van der Waals surface area (Å²) in [6, 6.07) is 7.86. The summed E-state index contributed by atoms with van der Waals surface area (Å²) >= 11 is 0. The molecule has 1 unspecified atom stereocenters. The van der Waals surface area contributed by atoms with Crippen molar-refractivity contribution in [2.75, 3.05) is 0 Å². The summed E-state index contributed by atoms with van der Waals surface area (Å²) in [5.74, 6) is 0.700. The molecule has 0 N–H and O–H groups in total. The number of benzene rings is 1. The molecule has 2 aliphatic carbocycles. The van der Waals surface area contributed by atoms with Crippen molar-refractivity contribution in [3.8, 4) is 0 Å². The molecule has 0 heterocycles. The Morgan fingerprint density at radius 2 is 1.45 bits per heavy atom. The van der Waals surface area contributed by atoms with Crippen LogP contribution in [-0.2, 0) is 10.4 Å². The molecule has 1 atom stereocenters. The van der Waals surface area contributed by atoms with Gasteiger partial charge in [0, 0.05) is 0 Å². The fraction of sp³-hybridized carbons (Fsp3) is 0.625. The van der Waals surface area contributed by atoms with Crippen molar-refractivity contribution in [2.45, 2.75) is 49.0 Å². The van der Waals surface area contributed by atoms with Crippen LogP contribution in [0.3, 0.4) is 0 Å². The first-order chi connectivity index (χ1) is 9.43. The van der Waals surface area contributed by atoms with Crippen LogP contribution in [0, 0.1) is 11.8 Å². The highest BCUT2D eigenvalue weighted by molar-refractivity contribution is 6.44. The predicted molar refractivity (Wildman–Crippen MR) is 87.5 cm³/mol. The molecule has 0 spiro atoms. The molecule has 2 aliphatic rings. The normalized spacial score (nSPS) is 28.7. The van der Waals surface area contributed by atoms with Gasteiger partial charge in [-0.3, -0.25) is 0 Å². The molecule has 1 aromatic rings. The molecular weight excluding hydrogens is 235 g/mol. The average Bonchev–Trinajstić information content (AvgIpc) is 2.45. The second kappa shape index (κ2) is 5.04. The van der Waals surface area contributed by atoms with Gasteiger partial charge in [-0.1, -0.05) is 84.3 Å². The van der Waals surface area contributed by atoms with Gasteiger partial charge in [0.05, 0.1) is 31.4 Å². The monoisotopic (exact) mass is 254 g/mol. The maximum atomic E-state index is 6.55. The zero-order chi connectivity index (χ0) is 14.4. The minimum atomic E-state index is -0.819. The van der Waals surface area contributed by atoms with Crippen LogP contribution in [0.15, 0.2) is 24.3 Å². The van der Waals surface area contributed by atoms with Crippen molar-refractivity contribution >= 4 is 31.4 Å². The van der Waals surface area contributed by atoms with Gasteiger partial charge < -0.3 is 0 Å². The third-order valence-electron chi connectivity index (χ3n) is 5.29. The van der Waals surface area contributed by atoms with Crippen LogP contribution in [-0.4, -0.2) is 31.4 Å². The second-order valence-electron chi connectivity index (χ2n) is 6.73. The smallest absolute Gasteiger partial charge is 0.0686 e. The summed E-state index contributed by atoms with van der Waals surface area (Å²) in [4.78, 5) is 0. The second-order valence-corrected chi connectivity index (χ2v) is 6.73. The van der Waals surface area contributed by atoms with E-state index in [-0.39, 0.29) is 5.92 Å².